The van der Waals surface area contributed by atoms with Crippen LogP contribution < -0.4 is 10.5 Å². The number of carbonyl (C=O) groups is 2. The van der Waals surface area contributed by atoms with Crippen molar-refractivity contribution >= 4 is 11.9 Å². The maximum absolute atomic E-state index is 11.1. The minimum absolute atomic E-state index is 0.240. The van der Waals surface area contributed by atoms with E-state index >= 15 is 0 Å². The first kappa shape index (κ1) is 13.0. The van der Waals surface area contributed by atoms with Crippen LogP contribution in [0.4, 0.5) is 0 Å². The molecule has 0 heterocycles. The third kappa shape index (κ3) is 5.01. The first-order chi connectivity index (χ1) is 7.97. The number of nitrogens with two attached hydrogens (primary N) is 1. The highest BCUT2D eigenvalue weighted by molar-refractivity contribution is 5.79. The largest absolute Gasteiger partial charge is 0.482 e. The van der Waals surface area contributed by atoms with Gasteiger partial charge in [-0.3, -0.25) is 4.79 Å². The molecule has 0 aliphatic carbocycles. The van der Waals surface area contributed by atoms with Crippen molar-refractivity contribution in [3.63, 3.8) is 0 Å². The summed E-state index contributed by atoms with van der Waals surface area (Å²) in [6.07, 6.45) is 0. The van der Waals surface area contributed by atoms with Crippen molar-refractivity contribution in [3.8, 4) is 5.75 Å². The molecule has 0 atom stereocenters. The van der Waals surface area contributed by atoms with Gasteiger partial charge in [0.1, 0.15) is 5.75 Å². The van der Waals surface area contributed by atoms with Crippen LogP contribution in [0.3, 0.4) is 0 Å². The van der Waals surface area contributed by atoms with Gasteiger partial charge in [0.2, 0.25) is 0 Å². The molecule has 2 N–H and O–H groups in total. The Kier molecular flexibility index (Phi) is 4.51. The van der Waals surface area contributed by atoms with E-state index in [1.54, 1.807) is 0 Å². The summed E-state index contributed by atoms with van der Waals surface area (Å²) in [6.45, 7) is 3.21. The molecule has 0 fully saturated rings. The third-order valence-electron chi connectivity index (χ3n) is 1.93. The van der Waals surface area contributed by atoms with E-state index in [0.717, 1.165) is 11.1 Å². The maximum atomic E-state index is 11.1. The molecular weight excluding hydrogens is 222 g/mol. The fourth-order valence-corrected chi connectivity index (χ4v) is 1.35. The van der Waals surface area contributed by atoms with Crippen molar-refractivity contribution in [2.45, 2.75) is 13.8 Å². The Morgan fingerprint density at radius 3 is 2.24 bits per heavy atom. The van der Waals surface area contributed by atoms with E-state index in [-0.39, 0.29) is 6.61 Å². The number of amides is 1. The number of carbonyl (C=O) groups excluding carboxylic acids is 2. The topological polar surface area (TPSA) is 78.6 Å². The zero-order valence-corrected chi connectivity index (χ0v) is 9.86. The number of hydrogen-bond acceptors (Lipinski definition) is 4. The molecule has 0 aliphatic rings. The SMILES string of the molecule is Cc1cc(C)cc(OCC(=O)OCC(N)=O)c1. The van der Waals surface area contributed by atoms with Crippen LogP contribution in [0.1, 0.15) is 11.1 Å². The lowest BCUT2D eigenvalue weighted by Gasteiger charge is -2.07. The molecule has 1 aromatic carbocycles. The van der Waals surface area contributed by atoms with Gasteiger partial charge in [0.05, 0.1) is 0 Å². The van der Waals surface area contributed by atoms with E-state index in [1.807, 2.05) is 32.0 Å². The van der Waals surface area contributed by atoms with Gasteiger partial charge in [-0.2, -0.15) is 0 Å². The summed E-state index contributed by atoms with van der Waals surface area (Å²) >= 11 is 0. The zero-order chi connectivity index (χ0) is 12.8. The van der Waals surface area contributed by atoms with Crippen LogP contribution >= 0.6 is 0 Å². The monoisotopic (exact) mass is 237 g/mol. The molecular formula is C12H15NO4. The van der Waals surface area contributed by atoms with Crippen molar-refractivity contribution in [2.75, 3.05) is 13.2 Å². The van der Waals surface area contributed by atoms with Gasteiger partial charge in [-0.25, -0.2) is 4.79 Å². The summed E-state index contributed by atoms with van der Waals surface area (Å²) in [4.78, 5) is 21.5. The minimum atomic E-state index is -0.690. The Hall–Kier alpha value is -2.04. The number of aryl methyl sites for hydroxylation is 2. The van der Waals surface area contributed by atoms with Gasteiger partial charge in [0.25, 0.3) is 5.91 Å². The normalized spacial score (nSPS) is 9.76. The zero-order valence-electron chi connectivity index (χ0n) is 9.86. The highest BCUT2D eigenvalue weighted by atomic mass is 16.6. The summed E-state index contributed by atoms with van der Waals surface area (Å²) in [5.41, 5.74) is 6.92. The molecule has 1 amide bonds. The Bertz CT molecular complexity index is 408. The molecule has 0 unspecified atom stereocenters. The molecule has 0 saturated carbocycles. The average molecular weight is 237 g/mol. The van der Waals surface area contributed by atoms with Crippen molar-refractivity contribution in [3.05, 3.63) is 29.3 Å². The van der Waals surface area contributed by atoms with E-state index in [1.165, 1.54) is 0 Å². The van der Waals surface area contributed by atoms with Gasteiger partial charge in [-0.05, 0) is 37.1 Å². The Morgan fingerprint density at radius 2 is 1.71 bits per heavy atom. The lowest BCUT2D eigenvalue weighted by Crippen LogP contribution is -2.23. The molecule has 5 heteroatoms. The van der Waals surface area contributed by atoms with Gasteiger partial charge in [-0.15, -0.1) is 0 Å². The van der Waals surface area contributed by atoms with Crippen molar-refractivity contribution in [2.24, 2.45) is 5.73 Å². The van der Waals surface area contributed by atoms with Gasteiger partial charge >= 0.3 is 5.97 Å². The van der Waals surface area contributed by atoms with Crippen LogP contribution in [-0.4, -0.2) is 25.1 Å². The van der Waals surface area contributed by atoms with Crippen LogP contribution in [0.25, 0.3) is 0 Å². The molecule has 1 rings (SSSR count). The predicted octanol–water partition coefficient (Wildman–Crippen LogP) is 0.711. The van der Waals surface area contributed by atoms with Crippen molar-refractivity contribution in [1.82, 2.24) is 0 Å². The van der Waals surface area contributed by atoms with Crippen LogP contribution in [0.5, 0.6) is 5.75 Å². The van der Waals surface area contributed by atoms with Gasteiger partial charge in [-0.1, -0.05) is 6.07 Å². The first-order valence-corrected chi connectivity index (χ1v) is 5.12. The molecule has 5 nitrogen and oxygen atoms in total. The van der Waals surface area contributed by atoms with Crippen molar-refractivity contribution in [1.29, 1.82) is 0 Å². The molecule has 0 bridgehead atoms. The van der Waals surface area contributed by atoms with Crippen molar-refractivity contribution < 1.29 is 19.1 Å². The van der Waals surface area contributed by atoms with E-state index < -0.39 is 18.5 Å². The van der Waals surface area contributed by atoms with Gasteiger partial charge < -0.3 is 15.2 Å². The lowest BCUT2D eigenvalue weighted by atomic mass is 10.1. The van der Waals surface area contributed by atoms with Gasteiger partial charge in [0, 0.05) is 0 Å². The number of ether oxygens (including phenoxy) is 2. The average Bonchev–Trinajstić information content (AvgIpc) is 2.22. The number of primary amides is 1. The van der Waals surface area contributed by atoms with E-state index in [9.17, 15) is 9.59 Å². The smallest absolute Gasteiger partial charge is 0.344 e. The Balaban J connectivity index is 2.44. The number of benzene rings is 1. The summed E-state index contributed by atoms with van der Waals surface area (Å²) in [6, 6.07) is 5.63. The van der Waals surface area contributed by atoms with E-state index in [2.05, 4.69) is 4.74 Å². The second kappa shape index (κ2) is 5.89. The highest BCUT2D eigenvalue weighted by Gasteiger charge is 2.06. The van der Waals surface area contributed by atoms with Crippen LogP contribution in [-0.2, 0) is 14.3 Å². The third-order valence-corrected chi connectivity index (χ3v) is 1.93. The fraction of sp³-hybridized carbons (Fsp3) is 0.333. The van der Waals surface area contributed by atoms with Crippen LogP contribution in [0.2, 0.25) is 0 Å². The summed E-state index contributed by atoms with van der Waals surface area (Å²) in [5.74, 6) is -0.716. The quantitative estimate of drug-likeness (QED) is 0.765. The molecule has 0 aromatic heterocycles. The number of esters is 1. The predicted molar refractivity (Wildman–Crippen MR) is 61.6 cm³/mol. The lowest BCUT2D eigenvalue weighted by molar-refractivity contribution is -0.149. The Labute approximate surface area is 99.5 Å². The maximum Gasteiger partial charge on any atom is 0.344 e. The highest BCUT2D eigenvalue weighted by Crippen LogP contribution is 2.15. The summed E-state index contributed by atoms with van der Waals surface area (Å²) in [5, 5.41) is 0. The molecule has 1 aromatic rings. The van der Waals surface area contributed by atoms with E-state index in [0.29, 0.717) is 5.75 Å². The molecule has 0 aliphatic heterocycles. The van der Waals surface area contributed by atoms with Crippen LogP contribution in [0.15, 0.2) is 18.2 Å². The minimum Gasteiger partial charge on any atom is -0.482 e. The molecule has 92 valence electrons. The summed E-state index contributed by atoms with van der Waals surface area (Å²) in [7, 11) is 0. The second-order valence-corrected chi connectivity index (χ2v) is 3.74. The van der Waals surface area contributed by atoms with E-state index in [4.69, 9.17) is 10.5 Å². The molecule has 17 heavy (non-hydrogen) atoms. The fourth-order valence-electron chi connectivity index (χ4n) is 1.35. The standard InChI is InChI=1S/C12H15NO4/c1-8-3-9(2)5-10(4-8)16-7-12(15)17-6-11(13)14/h3-5H,6-7H2,1-2H3,(H2,13,14). The second-order valence-electron chi connectivity index (χ2n) is 3.74. The van der Waals surface area contributed by atoms with Crippen LogP contribution in [0, 0.1) is 13.8 Å². The molecule has 0 saturated heterocycles. The van der Waals surface area contributed by atoms with Gasteiger partial charge in [0.15, 0.2) is 13.2 Å². The number of rotatable bonds is 5. The Morgan fingerprint density at radius 1 is 1.12 bits per heavy atom. The number of hydrogen-bond donors (Lipinski definition) is 1. The molecule has 0 spiro atoms. The molecule has 0 radical (unpaired) electrons. The first-order valence-electron chi connectivity index (χ1n) is 5.12. The summed E-state index contributed by atoms with van der Waals surface area (Å²) < 4.78 is 9.78.